The Hall–Kier alpha value is -2.60. The number of rotatable bonds is 6. The molecular weight excluding hydrogens is 355 g/mol. The fourth-order valence-electron chi connectivity index (χ4n) is 3.20. The molecule has 0 atom stereocenters. The van der Waals surface area contributed by atoms with Crippen LogP contribution in [0.25, 0.3) is 0 Å². The summed E-state index contributed by atoms with van der Waals surface area (Å²) in [6, 6.07) is 13.7. The highest BCUT2D eigenvalue weighted by molar-refractivity contribution is 5.80. The number of hydrogen-bond acceptors (Lipinski definition) is 3. The maximum Gasteiger partial charge on any atom is 0.191 e. The highest BCUT2D eigenvalue weighted by atomic mass is 19.1. The Labute approximate surface area is 166 Å². The van der Waals surface area contributed by atoms with Crippen LogP contribution in [0, 0.1) is 12.7 Å². The van der Waals surface area contributed by atoms with E-state index in [9.17, 15) is 4.39 Å². The van der Waals surface area contributed by atoms with Gasteiger partial charge in [0, 0.05) is 31.9 Å². The fourth-order valence-corrected chi connectivity index (χ4v) is 3.20. The van der Waals surface area contributed by atoms with Gasteiger partial charge in [0.2, 0.25) is 0 Å². The van der Waals surface area contributed by atoms with Gasteiger partial charge in [0.05, 0.1) is 19.8 Å². The third kappa shape index (κ3) is 5.45. The predicted molar refractivity (Wildman–Crippen MR) is 112 cm³/mol. The van der Waals surface area contributed by atoms with Crippen molar-refractivity contribution in [1.29, 1.82) is 0 Å². The van der Waals surface area contributed by atoms with Crippen molar-refractivity contribution in [2.45, 2.75) is 26.9 Å². The van der Waals surface area contributed by atoms with Crippen LogP contribution < -0.4 is 15.5 Å². The van der Waals surface area contributed by atoms with E-state index in [1.54, 1.807) is 19.1 Å². The molecule has 0 amide bonds. The molecule has 1 aliphatic rings. The Morgan fingerprint density at radius 1 is 1.14 bits per heavy atom. The first-order valence-corrected chi connectivity index (χ1v) is 9.85. The molecule has 1 aliphatic heterocycles. The molecule has 2 aromatic carbocycles. The van der Waals surface area contributed by atoms with Crippen LogP contribution in [0.15, 0.2) is 47.5 Å². The Morgan fingerprint density at radius 2 is 1.93 bits per heavy atom. The summed E-state index contributed by atoms with van der Waals surface area (Å²) < 4.78 is 19.2. The molecule has 1 fully saturated rings. The number of nitrogens with one attached hydrogen (secondary N) is 2. The largest absolute Gasteiger partial charge is 0.378 e. The molecule has 2 aromatic rings. The first-order chi connectivity index (χ1) is 13.7. The quantitative estimate of drug-likeness (QED) is 0.593. The van der Waals surface area contributed by atoms with Gasteiger partial charge < -0.3 is 20.3 Å². The van der Waals surface area contributed by atoms with Crippen LogP contribution in [0.1, 0.15) is 23.6 Å². The Bertz CT molecular complexity index is 803. The average molecular weight is 384 g/mol. The molecule has 28 heavy (non-hydrogen) atoms. The monoisotopic (exact) mass is 384 g/mol. The number of hydrogen-bond donors (Lipinski definition) is 2. The SMILES string of the molecule is CCNC(=NCc1ccc(C)c(F)c1)NCc1ccccc1N1CCOCC1. The molecule has 0 spiro atoms. The number of aliphatic imine (C=N–C) groups is 1. The van der Waals surface area contributed by atoms with E-state index in [-0.39, 0.29) is 5.82 Å². The van der Waals surface area contributed by atoms with Crippen LogP contribution in [-0.2, 0) is 17.8 Å². The van der Waals surface area contributed by atoms with Gasteiger partial charge in [-0.3, -0.25) is 0 Å². The Balaban J connectivity index is 1.67. The van der Waals surface area contributed by atoms with E-state index in [4.69, 9.17) is 4.74 Å². The van der Waals surface area contributed by atoms with Crippen LogP contribution in [0.5, 0.6) is 0 Å². The average Bonchev–Trinajstić information content (AvgIpc) is 2.73. The highest BCUT2D eigenvalue weighted by Crippen LogP contribution is 2.21. The topological polar surface area (TPSA) is 48.9 Å². The lowest BCUT2D eigenvalue weighted by Crippen LogP contribution is -2.39. The third-order valence-corrected chi connectivity index (χ3v) is 4.79. The van der Waals surface area contributed by atoms with Crippen molar-refractivity contribution in [3.8, 4) is 0 Å². The zero-order valence-corrected chi connectivity index (χ0v) is 16.7. The highest BCUT2D eigenvalue weighted by Gasteiger charge is 2.14. The van der Waals surface area contributed by atoms with Crippen molar-refractivity contribution in [2.24, 2.45) is 4.99 Å². The van der Waals surface area contributed by atoms with Crippen molar-refractivity contribution in [3.05, 3.63) is 65.0 Å². The first-order valence-electron chi connectivity index (χ1n) is 9.85. The van der Waals surface area contributed by atoms with Gasteiger partial charge in [0.15, 0.2) is 5.96 Å². The van der Waals surface area contributed by atoms with E-state index in [2.05, 4.69) is 44.8 Å². The minimum atomic E-state index is -0.190. The lowest BCUT2D eigenvalue weighted by atomic mass is 10.1. The zero-order chi connectivity index (χ0) is 19.8. The summed E-state index contributed by atoms with van der Waals surface area (Å²) in [6.45, 7) is 9.00. The molecule has 6 heteroatoms. The van der Waals surface area contributed by atoms with Gasteiger partial charge in [-0.1, -0.05) is 30.3 Å². The number of benzene rings is 2. The Kier molecular flexibility index (Phi) is 7.25. The maximum absolute atomic E-state index is 13.7. The van der Waals surface area contributed by atoms with E-state index in [1.807, 2.05) is 13.0 Å². The van der Waals surface area contributed by atoms with Crippen molar-refractivity contribution >= 4 is 11.6 Å². The number of ether oxygens (including phenoxy) is 1. The number of nitrogens with zero attached hydrogens (tertiary/aromatic N) is 2. The number of morpholine rings is 1. The summed E-state index contributed by atoms with van der Waals surface area (Å²) >= 11 is 0. The summed E-state index contributed by atoms with van der Waals surface area (Å²) in [5.41, 5.74) is 3.96. The molecular formula is C22H29FN4O. The summed E-state index contributed by atoms with van der Waals surface area (Å²) in [4.78, 5) is 6.97. The lowest BCUT2D eigenvalue weighted by Gasteiger charge is -2.30. The van der Waals surface area contributed by atoms with Crippen LogP contribution in [0.2, 0.25) is 0 Å². The van der Waals surface area contributed by atoms with Gasteiger partial charge >= 0.3 is 0 Å². The van der Waals surface area contributed by atoms with Crippen LogP contribution in [-0.4, -0.2) is 38.8 Å². The zero-order valence-electron chi connectivity index (χ0n) is 16.7. The van der Waals surface area contributed by atoms with Crippen molar-refractivity contribution in [2.75, 3.05) is 37.7 Å². The summed E-state index contributed by atoms with van der Waals surface area (Å²) in [6.07, 6.45) is 0. The summed E-state index contributed by atoms with van der Waals surface area (Å²) in [5.74, 6) is 0.533. The number of aryl methyl sites for hydroxylation is 1. The number of anilines is 1. The second kappa shape index (κ2) is 10.1. The summed E-state index contributed by atoms with van der Waals surface area (Å²) in [7, 11) is 0. The number of halogens is 1. The Morgan fingerprint density at radius 3 is 2.68 bits per heavy atom. The molecule has 0 bridgehead atoms. The van der Waals surface area contributed by atoms with Crippen molar-refractivity contribution < 1.29 is 9.13 Å². The predicted octanol–water partition coefficient (Wildman–Crippen LogP) is 3.23. The molecule has 0 aliphatic carbocycles. The second-order valence-corrected chi connectivity index (χ2v) is 6.86. The first kappa shape index (κ1) is 20.1. The number of guanidine groups is 1. The minimum Gasteiger partial charge on any atom is -0.378 e. The van der Waals surface area contributed by atoms with Gasteiger partial charge in [-0.05, 0) is 42.7 Å². The van der Waals surface area contributed by atoms with Gasteiger partial charge in [-0.25, -0.2) is 9.38 Å². The van der Waals surface area contributed by atoms with Gasteiger partial charge in [-0.15, -0.1) is 0 Å². The molecule has 1 heterocycles. The normalized spacial score (nSPS) is 14.8. The van der Waals surface area contributed by atoms with E-state index < -0.39 is 0 Å². The third-order valence-electron chi connectivity index (χ3n) is 4.79. The molecule has 0 aromatic heterocycles. The molecule has 5 nitrogen and oxygen atoms in total. The minimum absolute atomic E-state index is 0.190. The molecule has 150 valence electrons. The van der Waals surface area contributed by atoms with E-state index >= 15 is 0 Å². The standard InChI is InChI=1S/C22H29FN4O/c1-3-24-22(25-15-18-9-8-17(2)20(23)14-18)26-16-19-6-4-5-7-21(19)27-10-12-28-13-11-27/h4-9,14H,3,10-13,15-16H2,1-2H3,(H2,24,25,26). The van der Waals surface area contributed by atoms with Gasteiger partial charge in [0.25, 0.3) is 0 Å². The molecule has 1 saturated heterocycles. The fraction of sp³-hybridized carbons (Fsp3) is 0.409. The second-order valence-electron chi connectivity index (χ2n) is 6.86. The van der Waals surface area contributed by atoms with Crippen molar-refractivity contribution in [1.82, 2.24) is 10.6 Å². The molecule has 2 N–H and O–H groups in total. The van der Waals surface area contributed by atoms with Crippen LogP contribution in [0.4, 0.5) is 10.1 Å². The van der Waals surface area contributed by atoms with E-state index in [0.29, 0.717) is 18.7 Å². The van der Waals surface area contributed by atoms with Crippen LogP contribution in [0.3, 0.4) is 0 Å². The van der Waals surface area contributed by atoms with Gasteiger partial charge in [-0.2, -0.15) is 0 Å². The van der Waals surface area contributed by atoms with E-state index in [1.165, 1.54) is 11.3 Å². The van der Waals surface area contributed by atoms with Crippen LogP contribution >= 0.6 is 0 Å². The smallest absolute Gasteiger partial charge is 0.191 e. The maximum atomic E-state index is 13.7. The van der Waals surface area contributed by atoms with E-state index in [0.717, 1.165) is 44.4 Å². The molecule has 0 unspecified atom stereocenters. The molecule has 3 rings (SSSR count). The van der Waals surface area contributed by atoms with Crippen molar-refractivity contribution in [3.63, 3.8) is 0 Å². The van der Waals surface area contributed by atoms with Gasteiger partial charge in [0.1, 0.15) is 5.82 Å². The number of para-hydroxylation sites is 1. The molecule has 0 radical (unpaired) electrons. The molecule has 0 saturated carbocycles. The lowest BCUT2D eigenvalue weighted by molar-refractivity contribution is 0.122. The summed E-state index contributed by atoms with van der Waals surface area (Å²) in [5, 5.41) is 6.66.